The normalized spacial score (nSPS) is 10.4. The van der Waals surface area contributed by atoms with Crippen LogP contribution in [0.25, 0.3) is 11.3 Å². The van der Waals surface area contributed by atoms with Crippen molar-refractivity contribution in [3.63, 3.8) is 0 Å². The summed E-state index contributed by atoms with van der Waals surface area (Å²) in [5.41, 5.74) is 2.15. The molecule has 1 N–H and O–H groups in total. The largest absolute Gasteiger partial charge is 0.494 e. The minimum Gasteiger partial charge on any atom is -0.494 e. The predicted octanol–water partition coefficient (Wildman–Crippen LogP) is 4.42. The first-order chi connectivity index (χ1) is 9.33. The minimum absolute atomic E-state index is 0.765. The summed E-state index contributed by atoms with van der Waals surface area (Å²) in [5, 5.41) is 6.38. The molecular weight excluding hydrogens is 256 g/mol. The molecule has 0 amide bonds. The fourth-order valence-corrected chi connectivity index (χ4v) is 2.41. The van der Waals surface area contributed by atoms with Gasteiger partial charge in [-0.25, -0.2) is 4.98 Å². The van der Waals surface area contributed by atoms with E-state index in [1.807, 2.05) is 12.1 Å². The van der Waals surface area contributed by atoms with E-state index in [-0.39, 0.29) is 0 Å². The molecule has 0 aliphatic carbocycles. The summed E-state index contributed by atoms with van der Waals surface area (Å²) >= 11 is 1.65. The fourth-order valence-electron chi connectivity index (χ4n) is 1.66. The summed E-state index contributed by atoms with van der Waals surface area (Å²) < 4.78 is 5.57. The highest BCUT2D eigenvalue weighted by Crippen LogP contribution is 2.26. The Morgan fingerprint density at radius 1 is 1.16 bits per heavy atom. The Bertz CT molecular complexity index is 493. The molecule has 1 heterocycles. The second-order valence-electron chi connectivity index (χ2n) is 4.34. The highest BCUT2D eigenvalue weighted by Gasteiger charge is 2.04. The molecule has 0 bridgehead atoms. The van der Waals surface area contributed by atoms with Gasteiger partial charge in [0, 0.05) is 17.5 Å². The van der Waals surface area contributed by atoms with E-state index in [9.17, 15) is 0 Å². The molecule has 19 heavy (non-hydrogen) atoms. The zero-order valence-electron chi connectivity index (χ0n) is 11.5. The molecule has 3 nitrogen and oxygen atoms in total. The average Bonchev–Trinajstić information content (AvgIpc) is 2.92. The fraction of sp³-hybridized carbons (Fsp3) is 0.400. The van der Waals surface area contributed by atoms with Gasteiger partial charge in [-0.1, -0.05) is 13.8 Å². The van der Waals surface area contributed by atoms with Crippen LogP contribution in [0.5, 0.6) is 5.75 Å². The highest BCUT2D eigenvalue weighted by molar-refractivity contribution is 7.14. The topological polar surface area (TPSA) is 34.2 Å². The quantitative estimate of drug-likeness (QED) is 0.812. The van der Waals surface area contributed by atoms with Crippen molar-refractivity contribution in [2.24, 2.45) is 0 Å². The molecular formula is C15H20N2OS. The van der Waals surface area contributed by atoms with Crippen LogP contribution >= 0.6 is 11.3 Å². The van der Waals surface area contributed by atoms with Gasteiger partial charge in [0.05, 0.1) is 12.3 Å². The summed E-state index contributed by atoms with van der Waals surface area (Å²) in [6.45, 7) is 5.99. The smallest absolute Gasteiger partial charge is 0.183 e. The van der Waals surface area contributed by atoms with Gasteiger partial charge in [0.2, 0.25) is 0 Å². The van der Waals surface area contributed by atoms with Crippen LogP contribution in [0, 0.1) is 0 Å². The lowest BCUT2D eigenvalue weighted by molar-refractivity contribution is 0.317. The number of nitrogens with one attached hydrogen (secondary N) is 1. The predicted molar refractivity (Wildman–Crippen MR) is 82.1 cm³/mol. The zero-order chi connectivity index (χ0) is 13.5. The number of ether oxygens (including phenoxy) is 1. The van der Waals surface area contributed by atoms with Crippen LogP contribution in [0.1, 0.15) is 26.7 Å². The summed E-state index contributed by atoms with van der Waals surface area (Å²) in [6, 6.07) is 8.13. The van der Waals surface area contributed by atoms with Gasteiger partial charge in [-0.2, -0.15) is 0 Å². The molecule has 0 spiro atoms. The second kappa shape index (κ2) is 7.14. The van der Waals surface area contributed by atoms with E-state index in [0.29, 0.717) is 0 Å². The van der Waals surface area contributed by atoms with Crippen molar-refractivity contribution in [1.82, 2.24) is 4.98 Å². The Morgan fingerprint density at radius 3 is 2.63 bits per heavy atom. The van der Waals surface area contributed by atoms with Crippen molar-refractivity contribution in [3.05, 3.63) is 29.6 Å². The van der Waals surface area contributed by atoms with Crippen molar-refractivity contribution in [1.29, 1.82) is 0 Å². The first-order valence-electron chi connectivity index (χ1n) is 6.76. The van der Waals surface area contributed by atoms with Gasteiger partial charge in [0.25, 0.3) is 0 Å². The van der Waals surface area contributed by atoms with Crippen molar-refractivity contribution in [3.8, 4) is 17.0 Å². The molecule has 0 aliphatic heterocycles. The molecule has 2 rings (SSSR count). The Labute approximate surface area is 118 Å². The molecule has 0 atom stereocenters. The van der Waals surface area contributed by atoms with E-state index in [1.165, 1.54) is 0 Å². The number of nitrogens with zero attached hydrogens (tertiary/aromatic N) is 1. The van der Waals surface area contributed by atoms with Gasteiger partial charge in [-0.3, -0.25) is 0 Å². The van der Waals surface area contributed by atoms with E-state index >= 15 is 0 Å². The lowest BCUT2D eigenvalue weighted by Gasteiger charge is -2.04. The monoisotopic (exact) mass is 276 g/mol. The molecule has 2 aromatic rings. The number of hydrogen-bond acceptors (Lipinski definition) is 4. The van der Waals surface area contributed by atoms with Crippen LogP contribution in [0.2, 0.25) is 0 Å². The molecule has 0 aliphatic rings. The molecule has 0 fully saturated rings. The van der Waals surface area contributed by atoms with Gasteiger partial charge in [-0.05, 0) is 37.1 Å². The number of rotatable bonds is 7. The summed E-state index contributed by atoms with van der Waals surface area (Å²) in [6.07, 6.45) is 2.14. The van der Waals surface area contributed by atoms with E-state index < -0.39 is 0 Å². The zero-order valence-corrected chi connectivity index (χ0v) is 12.3. The van der Waals surface area contributed by atoms with Crippen LogP contribution in [0.4, 0.5) is 5.13 Å². The molecule has 0 saturated carbocycles. The summed E-state index contributed by atoms with van der Waals surface area (Å²) in [4.78, 5) is 4.58. The molecule has 0 radical (unpaired) electrons. The van der Waals surface area contributed by atoms with E-state index in [4.69, 9.17) is 4.74 Å². The Kier molecular flexibility index (Phi) is 5.21. The van der Waals surface area contributed by atoms with Crippen LogP contribution in [-0.2, 0) is 0 Å². The van der Waals surface area contributed by atoms with E-state index in [2.05, 4.69) is 41.7 Å². The van der Waals surface area contributed by atoms with Crippen molar-refractivity contribution in [2.75, 3.05) is 18.5 Å². The van der Waals surface area contributed by atoms with E-state index in [0.717, 1.165) is 48.1 Å². The lowest BCUT2D eigenvalue weighted by atomic mass is 10.2. The average molecular weight is 276 g/mol. The SMILES string of the molecule is CCCNc1nc(-c2ccc(OCCC)cc2)cs1. The van der Waals surface area contributed by atoms with Crippen molar-refractivity contribution < 1.29 is 4.74 Å². The highest BCUT2D eigenvalue weighted by atomic mass is 32.1. The standard InChI is InChI=1S/C15H20N2OS/c1-3-9-16-15-17-14(11-19-15)12-5-7-13(8-6-12)18-10-4-2/h5-8,11H,3-4,9-10H2,1-2H3,(H,16,17). The number of hydrogen-bond donors (Lipinski definition) is 1. The first-order valence-corrected chi connectivity index (χ1v) is 7.64. The molecule has 1 aromatic heterocycles. The number of benzene rings is 1. The maximum Gasteiger partial charge on any atom is 0.183 e. The molecule has 0 unspecified atom stereocenters. The Morgan fingerprint density at radius 2 is 1.95 bits per heavy atom. The third-order valence-corrected chi connectivity index (χ3v) is 3.45. The maximum absolute atomic E-state index is 5.57. The van der Waals surface area contributed by atoms with Gasteiger partial charge in [0.1, 0.15) is 5.75 Å². The molecule has 0 saturated heterocycles. The third-order valence-electron chi connectivity index (χ3n) is 2.65. The molecule has 102 valence electrons. The Hall–Kier alpha value is -1.55. The minimum atomic E-state index is 0.765. The van der Waals surface area contributed by atoms with Gasteiger partial charge < -0.3 is 10.1 Å². The van der Waals surface area contributed by atoms with Gasteiger partial charge in [0.15, 0.2) is 5.13 Å². The van der Waals surface area contributed by atoms with Crippen LogP contribution < -0.4 is 10.1 Å². The molecule has 4 heteroatoms. The van der Waals surface area contributed by atoms with Crippen molar-refractivity contribution >= 4 is 16.5 Å². The van der Waals surface area contributed by atoms with Crippen LogP contribution in [0.15, 0.2) is 29.6 Å². The van der Waals surface area contributed by atoms with Gasteiger partial charge in [-0.15, -0.1) is 11.3 Å². The lowest BCUT2D eigenvalue weighted by Crippen LogP contribution is -1.98. The van der Waals surface area contributed by atoms with Crippen LogP contribution in [-0.4, -0.2) is 18.1 Å². The summed E-state index contributed by atoms with van der Waals surface area (Å²) in [7, 11) is 0. The van der Waals surface area contributed by atoms with Crippen LogP contribution in [0.3, 0.4) is 0 Å². The number of aromatic nitrogens is 1. The number of thiazole rings is 1. The molecule has 1 aromatic carbocycles. The third kappa shape index (κ3) is 3.96. The van der Waals surface area contributed by atoms with Gasteiger partial charge >= 0.3 is 0 Å². The Balaban J connectivity index is 2.02. The first kappa shape index (κ1) is 13.9. The maximum atomic E-state index is 5.57. The second-order valence-corrected chi connectivity index (χ2v) is 5.20. The van der Waals surface area contributed by atoms with Crippen molar-refractivity contribution in [2.45, 2.75) is 26.7 Å². The van der Waals surface area contributed by atoms with E-state index in [1.54, 1.807) is 11.3 Å². The summed E-state index contributed by atoms with van der Waals surface area (Å²) in [5.74, 6) is 0.921. The number of anilines is 1.